The summed E-state index contributed by atoms with van der Waals surface area (Å²) in [5.74, 6) is 3.16. The summed E-state index contributed by atoms with van der Waals surface area (Å²) in [6.07, 6.45) is 1.80. The fraction of sp³-hybridized carbons (Fsp3) is 0.273. The average molecular weight is 411 g/mol. The molecule has 6 nitrogen and oxygen atoms in total. The molecule has 3 aromatic rings. The lowest BCUT2D eigenvalue weighted by molar-refractivity contribution is 0.407. The van der Waals surface area contributed by atoms with Gasteiger partial charge in [0, 0.05) is 38.5 Å². The number of rotatable bonds is 8. The van der Waals surface area contributed by atoms with Gasteiger partial charge in [-0.1, -0.05) is 19.1 Å². The Morgan fingerprint density at radius 3 is 2.72 bits per heavy atom. The monoisotopic (exact) mass is 410 g/mol. The van der Waals surface area contributed by atoms with E-state index in [2.05, 4.69) is 44.4 Å². The summed E-state index contributed by atoms with van der Waals surface area (Å²) in [6, 6.07) is 13.4. The topological polar surface area (TPSA) is 67.8 Å². The number of guanidine groups is 1. The number of hydrogen-bond acceptors (Lipinski definition) is 5. The summed E-state index contributed by atoms with van der Waals surface area (Å²) in [5, 5.41) is 11.0. The van der Waals surface area contributed by atoms with Gasteiger partial charge >= 0.3 is 0 Å². The van der Waals surface area contributed by atoms with Crippen LogP contribution in [0.3, 0.4) is 0 Å². The molecule has 1 aromatic carbocycles. The first kappa shape index (κ1) is 20.7. The fourth-order valence-electron chi connectivity index (χ4n) is 2.69. The first-order valence-electron chi connectivity index (χ1n) is 9.41. The number of pyridine rings is 1. The van der Waals surface area contributed by atoms with Gasteiger partial charge in [0.05, 0.1) is 7.11 Å². The van der Waals surface area contributed by atoms with Crippen molar-refractivity contribution >= 4 is 17.3 Å². The smallest absolute Gasteiger partial charge is 0.219 e. The molecule has 2 heterocycles. The highest BCUT2D eigenvalue weighted by molar-refractivity contribution is 7.07. The van der Waals surface area contributed by atoms with Gasteiger partial charge in [-0.3, -0.25) is 4.99 Å². The molecule has 0 radical (unpaired) electrons. The van der Waals surface area contributed by atoms with Gasteiger partial charge < -0.3 is 20.1 Å². The Kier molecular flexibility index (Phi) is 7.47. The molecule has 0 bridgehead atoms. The van der Waals surface area contributed by atoms with Crippen LogP contribution >= 0.6 is 11.3 Å². The number of nitrogens with one attached hydrogen (secondary N) is 2. The normalized spacial score (nSPS) is 12.3. The van der Waals surface area contributed by atoms with E-state index in [4.69, 9.17) is 9.47 Å². The predicted molar refractivity (Wildman–Crippen MR) is 118 cm³/mol. The van der Waals surface area contributed by atoms with Crippen LogP contribution in [0.25, 0.3) is 0 Å². The van der Waals surface area contributed by atoms with Crippen LogP contribution in [0.5, 0.6) is 17.4 Å². The maximum absolute atomic E-state index is 5.78. The highest BCUT2D eigenvalue weighted by Crippen LogP contribution is 2.23. The summed E-state index contributed by atoms with van der Waals surface area (Å²) in [6.45, 7) is 3.65. The quantitative estimate of drug-likeness (QED) is 0.425. The Balaban J connectivity index is 1.48. The lowest BCUT2D eigenvalue weighted by Gasteiger charge is -2.15. The second kappa shape index (κ2) is 10.5. The third-order valence-electron chi connectivity index (χ3n) is 4.43. The Bertz CT molecular complexity index is 911. The number of benzene rings is 1. The minimum Gasteiger partial charge on any atom is -0.497 e. The van der Waals surface area contributed by atoms with Crippen LogP contribution in [-0.4, -0.2) is 31.6 Å². The highest BCUT2D eigenvalue weighted by atomic mass is 32.1. The van der Waals surface area contributed by atoms with Crippen LogP contribution in [0.1, 0.15) is 24.0 Å². The van der Waals surface area contributed by atoms with E-state index in [0.29, 0.717) is 24.1 Å². The third-order valence-corrected chi connectivity index (χ3v) is 5.13. The second-order valence-electron chi connectivity index (χ2n) is 6.55. The molecule has 0 spiro atoms. The zero-order chi connectivity index (χ0) is 20.5. The van der Waals surface area contributed by atoms with Gasteiger partial charge in [0.25, 0.3) is 0 Å². The van der Waals surface area contributed by atoms with Crippen LogP contribution in [0.2, 0.25) is 0 Å². The number of nitrogens with zero attached hydrogens (tertiary/aromatic N) is 2. The molecule has 1 atom stereocenters. The van der Waals surface area contributed by atoms with Crippen molar-refractivity contribution in [2.75, 3.05) is 20.7 Å². The molecule has 0 fully saturated rings. The molecule has 0 saturated heterocycles. The van der Waals surface area contributed by atoms with Crippen molar-refractivity contribution in [1.29, 1.82) is 0 Å². The van der Waals surface area contributed by atoms with Crippen molar-refractivity contribution in [3.8, 4) is 17.4 Å². The Morgan fingerprint density at radius 1 is 1.17 bits per heavy atom. The zero-order valence-corrected chi connectivity index (χ0v) is 17.7. The molecule has 2 N–H and O–H groups in total. The van der Waals surface area contributed by atoms with Gasteiger partial charge in [0.15, 0.2) is 5.96 Å². The van der Waals surface area contributed by atoms with E-state index in [-0.39, 0.29) is 0 Å². The lowest BCUT2D eigenvalue weighted by atomic mass is 10.1. The molecule has 152 valence electrons. The highest BCUT2D eigenvalue weighted by Gasteiger charge is 2.07. The van der Waals surface area contributed by atoms with Crippen molar-refractivity contribution in [3.05, 3.63) is 70.5 Å². The molecule has 0 amide bonds. The summed E-state index contributed by atoms with van der Waals surface area (Å²) < 4.78 is 11.0. The molecule has 7 heteroatoms. The minimum atomic E-state index is 0.425. The first-order chi connectivity index (χ1) is 14.2. The first-order valence-corrected chi connectivity index (χ1v) is 10.4. The van der Waals surface area contributed by atoms with E-state index in [1.165, 1.54) is 5.56 Å². The van der Waals surface area contributed by atoms with Crippen molar-refractivity contribution in [1.82, 2.24) is 15.6 Å². The van der Waals surface area contributed by atoms with E-state index in [9.17, 15) is 0 Å². The van der Waals surface area contributed by atoms with Crippen molar-refractivity contribution < 1.29 is 9.47 Å². The summed E-state index contributed by atoms with van der Waals surface area (Å²) in [7, 11) is 3.40. The average Bonchev–Trinajstić information content (AvgIpc) is 3.30. The predicted octanol–water partition coefficient (Wildman–Crippen LogP) is 4.41. The van der Waals surface area contributed by atoms with E-state index in [1.807, 2.05) is 36.4 Å². The Labute approximate surface area is 175 Å². The Morgan fingerprint density at radius 2 is 2.03 bits per heavy atom. The van der Waals surface area contributed by atoms with Gasteiger partial charge in [0.2, 0.25) is 5.88 Å². The zero-order valence-electron chi connectivity index (χ0n) is 16.9. The van der Waals surface area contributed by atoms with Crippen LogP contribution in [-0.2, 0) is 6.54 Å². The number of thiophene rings is 1. The van der Waals surface area contributed by atoms with Crippen LogP contribution in [0.15, 0.2) is 64.4 Å². The molecular formula is C22H26N4O2S. The SMILES string of the molecule is CN=C(NCc1ccc(Oc2cccc(OC)c2)nc1)NCC(C)c1ccsc1. The molecule has 2 aromatic heterocycles. The number of methoxy groups -OCH3 is 1. The maximum atomic E-state index is 5.78. The lowest BCUT2D eigenvalue weighted by Crippen LogP contribution is -2.38. The summed E-state index contributed by atoms with van der Waals surface area (Å²) >= 11 is 1.72. The third kappa shape index (κ3) is 6.22. The van der Waals surface area contributed by atoms with Gasteiger partial charge in [-0.05, 0) is 46.0 Å². The molecule has 3 rings (SSSR count). The van der Waals surface area contributed by atoms with Crippen molar-refractivity contribution in [2.24, 2.45) is 4.99 Å². The molecule has 0 saturated carbocycles. The largest absolute Gasteiger partial charge is 0.497 e. The van der Waals surface area contributed by atoms with Crippen molar-refractivity contribution in [2.45, 2.75) is 19.4 Å². The molecule has 1 unspecified atom stereocenters. The van der Waals surface area contributed by atoms with E-state index < -0.39 is 0 Å². The number of ether oxygens (including phenoxy) is 2. The van der Waals surface area contributed by atoms with Gasteiger partial charge in [0.1, 0.15) is 11.5 Å². The van der Waals surface area contributed by atoms with Crippen LogP contribution in [0, 0.1) is 0 Å². The molecule has 0 aliphatic carbocycles. The number of aromatic nitrogens is 1. The van der Waals surface area contributed by atoms with Crippen molar-refractivity contribution in [3.63, 3.8) is 0 Å². The number of hydrogen-bond donors (Lipinski definition) is 2. The fourth-order valence-corrected chi connectivity index (χ4v) is 3.47. The maximum Gasteiger partial charge on any atom is 0.219 e. The van der Waals surface area contributed by atoms with E-state index in [1.54, 1.807) is 31.7 Å². The van der Waals surface area contributed by atoms with Crippen LogP contribution < -0.4 is 20.1 Å². The molecular weight excluding hydrogens is 384 g/mol. The van der Waals surface area contributed by atoms with E-state index in [0.717, 1.165) is 23.8 Å². The minimum absolute atomic E-state index is 0.425. The van der Waals surface area contributed by atoms with Gasteiger partial charge in [-0.15, -0.1) is 0 Å². The van der Waals surface area contributed by atoms with Gasteiger partial charge in [-0.25, -0.2) is 4.98 Å². The standard InChI is InChI=1S/C22H26N4O2S/c1-16(18-9-10-29-15-18)12-25-22(23-2)26-14-17-7-8-21(24-13-17)28-20-6-4-5-19(11-20)27-3/h4-11,13,15-16H,12,14H2,1-3H3,(H2,23,25,26). The molecule has 0 aliphatic rings. The molecule has 0 aliphatic heterocycles. The summed E-state index contributed by atoms with van der Waals surface area (Å²) in [5.41, 5.74) is 2.38. The van der Waals surface area contributed by atoms with E-state index >= 15 is 0 Å². The van der Waals surface area contributed by atoms with Gasteiger partial charge in [-0.2, -0.15) is 11.3 Å². The second-order valence-corrected chi connectivity index (χ2v) is 7.33. The number of aliphatic imine (C=N–C) groups is 1. The Hall–Kier alpha value is -3.06. The molecule has 29 heavy (non-hydrogen) atoms. The summed E-state index contributed by atoms with van der Waals surface area (Å²) in [4.78, 5) is 8.67. The van der Waals surface area contributed by atoms with Crippen LogP contribution in [0.4, 0.5) is 0 Å².